The fourth-order valence-electron chi connectivity index (χ4n) is 1.78. The van der Waals surface area contributed by atoms with Crippen LogP contribution in [0.2, 0.25) is 5.02 Å². The Balaban J connectivity index is 2.75. The van der Waals surface area contributed by atoms with E-state index < -0.39 is 0 Å². The van der Waals surface area contributed by atoms with E-state index in [-0.39, 0.29) is 0 Å². The van der Waals surface area contributed by atoms with Gasteiger partial charge in [-0.2, -0.15) is 0 Å². The van der Waals surface area contributed by atoms with E-state index in [1.165, 1.54) is 16.3 Å². The summed E-state index contributed by atoms with van der Waals surface area (Å²) in [6.07, 6.45) is 0. The van der Waals surface area contributed by atoms with Gasteiger partial charge in [-0.05, 0) is 34.4 Å². The molecule has 2 rings (SSSR count). The lowest BCUT2D eigenvalue weighted by Crippen LogP contribution is -1.88. The van der Waals surface area contributed by atoms with E-state index in [0.29, 0.717) is 5.92 Å². The fourth-order valence-corrected chi connectivity index (χ4v) is 1.96. The van der Waals surface area contributed by atoms with Gasteiger partial charge in [-0.3, -0.25) is 0 Å². The number of rotatable bonds is 1. The van der Waals surface area contributed by atoms with Gasteiger partial charge in [0, 0.05) is 5.02 Å². The quantitative estimate of drug-likeness (QED) is 0.636. The molecule has 2 aromatic rings. The van der Waals surface area contributed by atoms with Crippen LogP contribution >= 0.6 is 11.6 Å². The van der Waals surface area contributed by atoms with Gasteiger partial charge in [-0.25, -0.2) is 0 Å². The Kier molecular flexibility index (Phi) is 2.47. The average Bonchev–Trinajstić information content (AvgIpc) is 2.16. The molecule has 72 valence electrons. The van der Waals surface area contributed by atoms with Crippen molar-refractivity contribution in [3.05, 3.63) is 47.0 Å². The minimum absolute atomic E-state index is 0.555. The van der Waals surface area contributed by atoms with Gasteiger partial charge in [0.1, 0.15) is 0 Å². The molecular formula is C13H13Cl. The summed E-state index contributed by atoms with van der Waals surface area (Å²) in [5.74, 6) is 0.555. The number of benzene rings is 2. The molecule has 0 fully saturated rings. The van der Waals surface area contributed by atoms with Gasteiger partial charge in [0.05, 0.1) is 0 Å². The first kappa shape index (κ1) is 9.54. The summed E-state index contributed by atoms with van der Waals surface area (Å²) < 4.78 is 0. The van der Waals surface area contributed by atoms with Crippen LogP contribution in [-0.4, -0.2) is 0 Å². The Morgan fingerprint density at radius 1 is 1.07 bits per heavy atom. The predicted molar refractivity (Wildman–Crippen MR) is 63.0 cm³/mol. The standard InChI is InChI=1S/C13H13Cl/c1-9(2)12-5-3-4-10-8-11(14)6-7-13(10)12/h3-9H,1-2H3. The smallest absolute Gasteiger partial charge is 0.0412 e. The van der Waals surface area contributed by atoms with Crippen molar-refractivity contribution >= 4 is 22.4 Å². The zero-order valence-electron chi connectivity index (χ0n) is 8.42. The Morgan fingerprint density at radius 3 is 2.57 bits per heavy atom. The van der Waals surface area contributed by atoms with Crippen LogP contribution in [0.5, 0.6) is 0 Å². The molecule has 0 aromatic heterocycles. The highest BCUT2D eigenvalue weighted by Crippen LogP contribution is 2.27. The van der Waals surface area contributed by atoms with Crippen molar-refractivity contribution in [3.63, 3.8) is 0 Å². The SMILES string of the molecule is CC(C)c1cccc2cc(Cl)ccc12. The topological polar surface area (TPSA) is 0 Å². The first-order valence-electron chi connectivity index (χ1n) is 4.86. The number of halogens is 1. The van der Waals surface area contributed by atoms with E-state index in [1.807, 2.05) is 12.1 Å². The van der Waals surface area contributed by atoms with Crippen LogP contribution in [0.15, 0.2) is 36.4 Å². The maximum atomic E-state index is 5.95. The fraction of sp³-hybridized carbons (Fsp3) is 0.231. The van der Waals surface area contributed by atoms with Gasteiger partial charge in [0.15, 0.2) is 0 Å². The summed E-state index contributed by atoms with van der Waals surface area (Å²) in [4.78, 5) is 0. The van der Waals surface area contributed by atoms with Crippen molar-refractivity contribution in [2.24, 2.45) is 0 Å². The van der Waals surface area contributed by atoms with Crippen molar-refractivity contribution in [2.45, 2.75) is 19.8 Å². The van der Waals surface area contributed by atoms with Gasteiger partial charge in [0.2, 0.25) is 0 Å². The molecule has 1 heteroatoms. The molecule has 0 aliphatic rings. The molecule has 0 aliphatic carbocycles. The Labute approximate surface area is 89.5 Å². The molecule has 0 nitrogen and oxygen atoms in total. The van der Waals surface area contributed by atoms with Crippen LogP contribution < -0.4 is 0 Å². The highest BCUT2D eigenvalue weighted by atomic mass is 35.5. The molecule has 0 saturated heterocycles. The molecule has 0 bridgehead atoms. The van der Waals surface area contributed by atoms with Crippen molar-refractivity contribution in [2.75, 3.05) is 0 Å². The third-order valence-corrected chi connectivity index (χ3v) is 2.73. The summed E-state index contributed by atoms with van der Waals surface area (Å²) in [6.45, 7) is 4.42. The zero-order chi connectivity index (χ0) is 10.1. The van der Waals surface area contributed by atoms with Crippen LogP contribution in [-0.2, 0) is 0 Å². The second-order valence-electron chi connectivity index (χ2n) is 3.87. The lowest BCUT2D eigenvalue weighted by molar-refractivity contribution is 0.876. The zero-order valence-corrected chi connectivity index (χ0v) is 9.18. The van der Waals surface area contributed by atoms with Crippen LogP contribution in [0.3, 0.4) is 0 Å². The lowest BCUT2D eigenvalue weighted by Gasteiger charge is -2.09. The normalized spacial score (nSPS) is 11.1. The third kappa shape index (κ3) is 1.62. The molecule has 0 radical (unpaired) electrons. The predicted octanol–water partition coefficient (Wildman–Crippen LogP) is 4.62. The van der Waals surface area contributed by atoms with Gasteiger partial charge >= 0.3 is 0 Å². The summed E-state index contributed by atoms with van der Waals surface area (Å²) >= 11 is 5.95. The van der Waals surface area contributed by atoms with Crippen LogP contribution in [0.1, 0.15) is 25.3 Å². The van der Waals surface area contributed by atoms with Crippen molar-refractivity contribution in [1.29, 1.82) is 0 Å². The molecule has 14 heavy (non-hydrogen) atoms. The molecule has 0 heterocycles. The summed E-state index contributed by atoms with van der Waals surface area (Å²) in [5, 5.41) is 3.34. The molecule has 0 saturated carbocycles. The molecule has 0 unspecified atom stereocenters. The van der Waals surface area contributed by atoms with Gasteiger partial charge < -0.3 is 0 Å². The monoisotopic (exact) mass is 204 g/mol. The van der Waals surface area contributed by atoms with Crippen LogP contribution in [0, 0.1) is 0 Å². The first-order chi connectivity index (χ1) is 6.68. The van der Waals surface area contributed by atoms with Crippen LogP contribution in [0.4, 0.5) is 0 Å². The van der Waals surface area contributed by atoms with E-state index in [1.54, 1.807) is 0 Å². The van der Waals surface area contributed by atoms with E-state index in [4.69, 9.17) is 11.6 Å². The van der Waals surface area contributed by atoms with E-state index in [0.717, 1.165) is 5.02 Å². The molecule has 0 aliphatic heterocycles. The molecule has 0 spiro atoms. The highest BCUT2D eigenvalue weighted by Gasteiger charge is 2.04. The van der Waals surface area contributed by atoms with Gasteiger partial charge in [-0.15, -0.1) is 0 Å². The maximum absolute atomic E-state index is 5.95. The number of hydrogen-bond acceptors (Lipinski definition) is 0. The molecule has 2 aromatic carbocycles. The summed E-state index contributed by atoms with van der Waals surface area (Å²) in [6, 6.07) is 12.5. The number of fused-ring (bicyclic) bond motifs is 1. The maximum Gasteiger partial charge on any atom is 0.0412 e. The Morgan fingerprint density at radius 2 is 1.86 bits per heavy atom. The van der Waals surface area contributed by atoms with Crippen molar-refractivity contribution in [3.8, 4) is 0 Å². The first-order valence-corrected chi connectivity index (χ1v) is 5.24. The van der Waals surface area contributed by atoms with E-state index in [9.17, 15) is 0 Å². The van der Waals surface area contributed by atoms with Gasteiger partial charge in [0.25, 0.3) is 0 Å². The molecule has 0 N–H and O–H groups in total. The Bertz CT molecular complexity index is 458. The van der Waals surface area contributed by atoms with Crippen molar-refractivity contribution in [1.82, 2.24) is 0 Å². The molecular weight excluding hydrogens is 192 g/mol. The average molecular weight is 205 g/mol. The summed E-state index contributed by atoms with van der Waals surface area (Å²) in [5.41, 5.74) is 1.39. The van der Waals surface area contributed by atoms with E-state index >= 15 is 0 Å². The largest absolute Gasteiger partial charge is 0.0843 e. The minimum atomic E-state index is 0.555. The molecule has 0 amide bonds. The second kappa shape index (κ2) is 3.62. The third-order valence-electron chi connectivity index (χ3n) is 2.50. The minimum Gasteiger partial charge on any atom is -0.0843 e. The lowest BCUT2D eigenvalue weighted by atomic mass is 9.96. The highest BCUT2D eigenvalue weighted by molar-refractivity contribution is 6.31. The summed E-state index contributed by atoms with van der Waals surface area (Å²) in [7, 11) is 0. The van der Waals surface area contributed by atoms with Crippen LogP contribution in [0.25, 0.3) is 10.8 Å². The second-order valence-corrected chi connectivity index (χ2v) is 4.30. The number of hydrogen-bond donors (Lipinski definition) is 0. The van der Waals surface area contributed by atoms with Crippen molar-refractivity contribution < 1.29 is 0 Å². The Hall–Kier alpha value is -1.01. The molecule has 0 atom stereocenters. The van der Waals surface area contributed by atoms with Gasteiger partial charge in [-0.1, -0.05) is 49.7 Å². The van der Waals surface area contributed by atoms with E-state index in [2.05, 4.69) is 38.1 Å².